The van der Waals surface area contributed by atoms with E-state index >= 15 is 4.39 Å². The van der Waals surface area contributed by atoms with Gasteiger partial charge in [0.1, 0.15) is 5.82 Å². The third kappa shape index (κ3) is 4.27. The molecule has 0 fully saturated rings. The van der Waals surface area contributed by atoms with Crippen molar-refractivity contribution in [2.45, 2.75) is 4.90 Å². The molecule has 14 heteroatoms. The number of rotatable bonds is 6. The molecule has 0 spiro atoms. The molecule has 4 rings (SSSR count). The van der Waals surface area contributed by atoms with Crippen molar-refractivity contribution in [1.29, 1.82) is 0 Å². The van der Waals surface area contributed by atoms with E-state index in [2.05, 4.69) is 35.0 Å². The van der Waals surface area contributed by atoms with Gasteiger partial charge in [0.25, 0.3) is 10.0 Å². The smallest absolute Gasteiger partial charge is 0.268 e. The van der Waals surface area contributed by atoms with E-state index in [0.717, 1.165) is 6.07 Å². The van der Waals surface area contributed by atoms with Crippen molar-refractivity contribution in [3.63, 3.8) is 0 Å². The standard InChI is InChI=1S/C19H16ClFN8O3S/c1-23-16-12(5-9-7-26-19(22)28-15(9)27-16)11-3-4-24-17(14(11)21)29-33(30,31)13-6-10(20)8-25-18(13)32-2/h3-8H,1-2H3,(H,24,29)(H3,22,23,26,27,28). The Morgan fingerprint density at radius 1 is 1.09 bits per heavy atom. The third-order valence-electron chi connectivity index (χ3n) is 4.50. The minimum atomic E-state index is -4.34. The zero-order valence-electron chi connectivity index (χ0n) is 17.2. The summed E-state index contributed by atoms with van der Waals surface area (Å²) in [5.41, 5.74) is 6.29. The Labute approximate surface area is 192 Å². The molecule has 4 aromatic rings. The van der Waals surface area contributed by atoms with Gasteiger partial charge in [0.15, 0.2) is 22.2 Å². The molecule has 0 atom stereocenters. The van der Waals surface area contributed by atoms with E-state index in [0.29, 0.717) is 22.4 Å². The van der Waals surface area contributed by atoms with Crippen LogP contribution in [0.4, 0.5) is 22.0 Å². The Morgan fingerprint density at radius 2 is 1.88 bits per heavy atom. The van der Waals surface area contributed by atoms with E-state index in [4.69, 9.17) is 22.1 Å². The largest absolute Gasteiger partial charge is 0.480 e. The summed E-state index contributed by atoms with van der Waals surface area (Å²) in [6.07, 6.45) is 3.93. The molecule has 33 heavy (non-hydrogen) atoms. The first-order valence-electron chi connectivity index (χ1n) is 9.21. The minimum absolute atomic E-state index is 0.0365. The molecule has 0 aromatic carbocycles. The van der Waals surface area contributed by atoms with Crippen LogP contribution in [0, 0.1) is 5.82 Å². The fraction of sp³-hybridized carbons (Fsp3) is 0.105. The molecule has 4 aromatic heterocycles. The third-order valence-corrected chi connectivity index (χ3v) is 6.04. The zero-order chi connectivity index (χ0) is 23.8. The first-order valence-corrected chi connectivity index (χ1v) is 11.1. The van der Waals surface area contributed by atoms with Crippen molar-refractivity contribution in [3.05, 3.63) is 47.6 Å². The lowest BCUT2D eigenvalue weighted by molar-refractivity contribution is 0.385. The van der Waals surface area contributed by atoms with Crippen LogP contribution in [0.5, 0.6) is 5.88 Å². The monoisotopic (exact) mass is 490 g/mol. The van der Waals surface area contributed by atoms with Crippen LogP contribution in [0.3, 0.4) is 0 Å². The van der Waals surface area contributed by atoms with Crippen LogP contribution in [0.2, 0.25) is 5.02 Å². The van der Waals surface area contributed by atoms with Gasteiger partial charge in [0.2, 0.25) is 11.8 Å². The molecular formula is C19H16ClFN8O3S. The first kappa shape index (κ1) is 22.4. The van der Waals surface area contributed by atoms with Gasteiger partial charge in [0.05, 0.1) is 12.1 Å². The van der Waals surface area contributed by atoms with Crippen LogP contribution in [0.25, 0.3) is 22.2 Å². The summed E-state index contributed by atoms with van der Waals surface area (Å²) in [5, 5.41) is 3.43. The van der Waals surface area contributed by atoms with Gasteiger partial charge in [-0.2, -0.15) is 4.98 Å². The van der Waals surface area contributed by atoms with Crippen LogP contribution >= 0.6 is 11.6 Å². The second-order valence-corrected chi connectivity index (χ2v) is 8.65. The normalized spacial score (nSPS) is 11.4. The number of halogens is 2. The molecule has 0 bridgehead atoms. The molecule has 4 N–H and O–H groups in total. The molecule has 0 saturated carbocycles. The van der Waals surface area contributed by atoms with Crippen molar-refractivity contribution in [2.24, 2.45) is 0 Å². The zero-order valence-corrected chi connectivity index (χ0v) is 18.7. The molecule has 0 saturated heterocycles. The maximum atomic E-state index is 15.5. The van der Waals surface area contributed by atoms with Gasteiger partial charge < -0.3 is 15.8 Å². The number of methoxy groups -OCH3 is 1. The van der Waals surface area contributed by atoms with Gasteiger partial charge >= 0.3 is 0 Å². The average Bonchev–Trinajstić information content (AvgIpc) is 2.79. The number of hydrogen-bond acceptors (Lipinski definition) is 10. The second kappa shape index (κ2) is 8.60. The summed E-state index contributed by atoms with van der Waals surface area (Å²) in [4.78, 5) is 19.6. The van der Waals surface area contributed by atoms with Crippen LogP contribution in [-0.2, 0) is 10.0 Å². The number of nitrogen functional groups attached to an aromatic ring is 1. The average molecular weight is 491 g/mol. The number of aromatic nitrogens is 5. The first-order chi connectivity index (χ1) is 15.7. The number of pyridine rings is 3. The highest BCUT2D eigenvalue weighted by atomic mass is 35.5. The predicted octanol–water partition coefficient (Wildman–Crippen LogP) is 2.71. The Bertz CT molecular complexity index is 1490. The molecule has 4 heterocycles. The maximum Gasteiger partial charge on any atom is 0.268 e. The van der Waals surface area contributed by atoms with Crippen molar-refractivity contribution in [2.75, 3.05) is 29.9 Å². The Balaban J connectivity index is 1.81. The number of ether oxygens (including phenoxy) is 1. The van der Waals surface area contributed by atoms with Crippen molar-refractivity contribution in [3.8, 4) is 17.0 Å². The van der Waals surface area contributed by atoms with Gasteiger partial charge in [-0.25, -0.2) is 32.7 Å². The summed E-state index contributed by atoms with van der Waals surface area (Å²) in [6.45, 7) is 0. The summed E-state index contributed by atoms with van der Waals surface area (Å²) in [6, 6.07) is 4.13. The predicted molar refractivity (Wildman–Crippen MR) is 121 cm³/mol. The van der Waals surface area contributed by atoms with Crippen LogP contribution < -0.4 is 20.5 Å². The van der Waals surface area contributed by atoms with Gasteiger partial charge in [-0.15, -0.1) is 0 Å². The minimum Gasteiger partial charge on any atom is -0.480 e. The van der Waals surface area contributed by atoms with E-state index < -0.39 is 21.7 Å². The number of nitrogens with two attached hydrogens (primary N) is 1. The van der Waals surface area contributed by atoms with Gasteiger partial charge in [-0.3, -0.25) is 4.72 Å². The molecule has 0 aliphatic heterocycles. The number of anilines is 3. The lowest BCUT2D eigenvalue weighted by Gasteiger charge is -2.14. The second-order valence-electron chi connectivity index (χ2n) is 6.56. The Hall–Kier alpha value is -3.84. The molecular weight excluding hydrogens is 475 g/mol. The summed E-state index contributed by atoms with van der Waals surface area (Å²) in [5.74, 6) is -1.34. The topological polar surface area (TPSA) is 158 Å². The molecule has 0 radical (unpaired) electrons. The SMILES string of the molecule is CNc1nc2nc(N)ncc2cc1-c1ccnc(NS(=O)(=O)c2cc(Cl)cnc2OC)c1F. The quantitative estimate of drug-likeness (QED) is 0.367. The van der Waals surface area contributed by atoms with Crippen molar-refractivity contribution in [1.82, 2.24) is 24.9 Å². The fourth-order valence-electron chi connectivity index (χ4n) is 3.03. The highest BCUT2D eigenvalue weighted by Crippen LogP contribution is 2.34. The van der Waals surface area contributed by atoms with Crippen LogP contribution in [0.15, 0.2) is 41.7 Å². The lowest BCUT2D eigenvalue weighted by atomic mass is 10.1. The van der Waals surface area contributed by atoms with E-state index in [1.807, 2.05) is 0 Å². The lowest BCUT2D eigenvalue weighted by Crippen LogP contribution is -2.17. The molecule has 0 unspecified atom stereocenters. The molecule has 0 amide bonds. The van der Waals surface area contributed by atoms with E-state index in [-0.39, 0.29) is 27.3 Å². The Kier molecular flexibility index (Phi) is 5.82. The van der Waals surface area contributed by atoms with Gasteiger partial charge in [-0.1, -0.05) is 11.6 Å². The van der Waals surface area contributed by atoms with Crippen LogP contribution in [-0.4, -0.2) is 47.5 Å². The van der Waals surface area contributed by atoms with Crippen molar-refractivity contribution < 1.29 is 17.5 Å². The molecule has 170 valence electrons. The van der Waals surface area contributed by atoms with E-state index in [1.54, 1.807) is 13.1 Å². The number of fused-ring (bicyclic) bond motifs is 1. The number of hydrogen-bond donors (Lipinski definition) is 3. The van der Waals surface area contributed by atoms with E-state index in [9.17, 15) is 8.42 Å². The fourth-order valence-corrected chi connectivity index (χ4v) is 4.41. The highest BCUT2D eigenvalue weighted by Gasteiger charge is 2.25. The summed E-state index contributed by atoms with van der Waals surface area (Å²) in [7, 11) is -1.50. The number of nitrogens with zero attached hydrogens (tertiary/aromatic N) is 5. The van der Waals surface area contributed by atoms with Gasteiger partial charge in [0, 0.05) is 42.2 Å². The molecule has 0 aliphatic carbocycles. The maximum absolute atomic E-state index is 15.5. The van der Waals surface area contributed by atoms with E-state index in [1.165, 1.54) is 31.8 Å². The van der Waals surface area contributed by atoms with Crippen LogP contribution in [0.1, 0.15) is 0 Å². The molecule has 0 aliphatic rings. The number of sulfonamides is 1. The summed E-state index contributed by atoms with van der Waals surface area (Å²) < 4.78 is 48.4. The molecule has 11 nitrogen and oxygen atoms in total. The summed E-state index contributed by atoms with van der Waals surface area (Å²) >= 11 is 5.88. The van der Waals surface area contributed by atoms with Gasteiger partial charge in [-0.05, 0) is 18.2 Å². The van der Waals surface area contributed by atoms with Crippen molar-refractivity contribution >= 4 is 50.2 Å². The highest BCUT2D eigenvalue weighted by molar-refractivity contribution is 7.92. The number of nitrogens with one attached hydrogen (secondary N) is 2. The Morgan fingerprint density at radius 3 is 2.61 bits per heavy atom.